The van der Waals surface area contributed by atoms with Crippen LogP contribution in [0, 0.1) is 0 Å². The van der Waals surface area contributed by atoms with Gasteiger partial charge in [0, 0.05) is 24.7 Å². The van der Waals surface area contributed by atoms with E-state index in [1.165, 1.54) is 0 Å². The SMILES string of the molecule is NC[C@H]1CN(c2nc3cc(Cl)ccc3o2)CCO1. The molecular formula is C12H14ClN3O2. The number of nitrogens with zero attached hydrogens (tertiary/aromatic N) is 2. The number of fused-ring (bicyclic) bond motifs is 1. The van der Waals surface area contributed by atoms with Crippen LogP contribution in [0.2, 0.25) is 5.02 Å². The molecule has 3 rings (SSSR count). The van der Waals surface area contributed by atoms with Crippen LogP contribution < -0.4 is 10.6 Å². The van der Waals surface area contributed by atoms with Gasteiger partial charge in [0.1, 0.15) is 5.52 Å². The monoisotopic (exact) mass is 267 g/mol. The molecule has 18 heavy (non-hydrogen) atoms. The predicted octanol–water partition coefficient (Wildman–Crippen LogP) is 1.65. The quantitative estimate of drug-likeness (QED) is 0.896. The molecule has 0 radical (unpaired) electrons. The summed E-state index contributed by atoms with van der Waals surface area (Å²) >= 11 is 5.93. The lowest BCUT2D eigenvalue weighted by Crippen LogP contribution is -2.45. The molecule has 96 valence electrons. The molecule has 0 aliphatic carbocycles. The van der Waals surface area contributed by atoms with Crippen molar-refractivity contribution in [3.63, 3.8) is 0 Å². The summed E-state index contributed by atoms with van der Waals surface area (Å²) in [5.41, 5.74) is 7.13. The molecule has 1 aromatic carbocycles. The van der Waals surface area contributed by atoms with E-state index >= 15 is 0 Å². The van der Waals surface area contributed by atoms with E-state index in [0.29, 0.717) is 30.7 Å². The highest BCUT2D eigenvalue weighted by Crippen LogP contribution is 2.25. The Bertz CT molecular complexity index is 557. The number of ether oxygens (including phenoxy) is 1. The van der Waals surface area contributed by atoms with Crippen LogP contribution in [0.25, 0.3) is 11.1 Å². The molecule has 0 saturated carbocycles. The minimum atomic E-state index is 0.0392. The average Bonchev–Trinajstić information content (AvgIpc) is 2.81. The number of nitrogens with two attached hydrogens (primary N) is 1. The van der Waals surface area contributed by atoms with E-state index in [1.54, 1.807) is 12.1 Å². The zero-order valence-corrected chi connectivity index (χ0v) is 10.6. The number of benzene rings is 1. The topological polar surface area (TPSA) is 64.5 Å². The standard InChI is InChI=1S/C12H14ClN3O2/c13-8-1-2-11-10(5-8)15-12(18-11)16-3-4-17-9(6-14)7-16/h1-2,5,9H,3-4,6-7,14H2/t9-/m0/s1. The second-order valence-corrected chi connectivity index (χ2v) is 4.72. The highest BCUT2D eigenvalue weighted by Gasteiger charge is 2.23. The van der Waals surface area contributed by atoms with Crippen molar-refractivity contribution < 1.29 is 9.15 Å². The lowest BCUT2D eigenvalue weighted by atomic mass is 10.3. The fraction of sp³-hybridized carbons (Fsp3) is 0.417. The number of aromatic nitrogens is 1. The van der Waals surface area contributed by atoms with Gasteiger partial charge in [-0.15, -0.1) is 0 Å². The van der Waals surface area contributed by atoms with Crippen LogP contribution in [0.1, 0.15) is 0 Å². The van der Waals surface area contributed by atoms with Crippen molar-refractivity contribution >= 4 is 28.7 Å². The number of anilines is 1. The maximum atomic E-state index is 5.93. The Morgan fingerprint density at radius 3 is 3.22 bits per heavy atom. The first-order valence-corrected chi connectivity index (χ1v) is 6.27. The zero-order chi connectivity index (χ0) is 12.5. The maximum Gasteiger partial charge on any atom is 0.298 e. The Hall–Kier alpha value is -1.30. The summed E-state index contributed by atoms with van der Waals surface area (Å²) in [7, 11) is 0. The van der Waals surface area contributed by atoms with Gasteiger partial charge in [-0.1, -0.05) is 11.6 Å². The third-order valence-corrected chi connectivity index (χ3v) is 3.25. The van der Waals surface area contributed by atoms with E-state index in [2.05, 4.69) is 9.88 Å². The second kappa shape index (κ2) is 4.76. The number of rotatable bonds is 2. The normalized spacial score (nSPS) is 20.6. The maximum absolute atomic E-state index is 5.93. The van der Waals surface area contributed by atoms with Gasteiger partial charge < -0.3 is 19.8 Å². The molecular weight excluding hydrogens is 254 g/mol. The van der Waals surface area contributed by atoms with E-state index < -0.39 is 0 Å². The van der Waals surface area contributed by atoms with Crippen LogP contribution in [-0.2, 0) is 4.74 Å². The molecule has 1 saturated heterocycles. The van der Waals surface area contributed by atoms with Gasteiger partial charge in [-0.25, -0.2) is 0 Å². The highest BCUT2D eigenvalue weighted by atomic mass is 35.5. The van der Waals surface area contributed by atoms with E-state index in [1.807, 2.05) is 6.07 Å². The van der Waals surface area contributed by atoms with Crippen molar-refractivity contribution in [1.82, 2.24) is 4.98 Å². The number of morpholine rings is 1. The highest BCUT2D eigenvalue weighted by molar-refractivity contribution is 6.31. The third kappa shape index (κ3) is 2.16. The molecule has 6 heteroatoms. The fourth-order valence-corrected chi connectivity index (χ4v) is 2.23. The average molecular weight is 268 g/mol. The van der Waals surface area contributed by atoms with Crippen LogP contribution in [0.3, 0.4) is 0 Å². The predicted molar refractivity (Wildman–Crippen MR) is 70.0 cm³/mol. The Morgan fingerprint density at radius 2 is 2.39 bits per heavy atom. The Morgan fingerprint density at radius 1 is 1.50 bits per heavy atom. The Balaban J connectivity index is 1.89. The van der Waals surface area contributed by atoms with Crippen molar-refractivity contribution in [3.05, 3.63) is 23.2 Å². The van der Waals surface area contributed by atoms with Gasteiger partial charge in [0.15, 0.2) is 5.58 Å². The van der Waals surface area contributed by atoms with Crippen LogP contribution in [0.5, 0.6) is 0 Å². The van der Waals surface area contributed by atoms with Gasteiger partial charge in [0.05, 0.1) is 12.7 Å². The minimum absolute atomic E-state index is 0.0392. The van der Waals surface area contributed by atoms with Crippen LogP contribution >= 0.6 is 11.6 Å². The molecule has 2 aromatic rings. The summed E-state index contributed by atoms with van der Waals surface area (Å²) in [6.45, 7) is 2.61. The largest absolute Gasteiger partial charge is 0.423 e. The molecule has 1 aliphatic heterocycles. The first-order valence-electron chi connectivity index (χ1n) is 5.89. The van der Waals surface area contributed by atoms with E-state index in [-0.39, 0.29) is 6.10 Å². The fourth-order valence-electron chi connectivity index (χ4n) is 2.06. The molecule has 0 spiro atoms. The zero-order valence-electron chi connectivity index (χ0n) is 9.80. The molecule has 0 unspecified atom stereocenters. The molecule has 2 heterocycles. The summed E-state index contributed by atoms with van der Waals surface area (Å²) in [4.78, 5) is 6.49. The van der Waals surface area contributed by atoms with Crippen LogP contribution in [0.4, 0.5) is 6.01 Å². The van der Waals surface area contributed by atoms with E-state index in [9.17, 15) is 0 Å². The summed E-state index contributed by atoms with van der Waals surface area (Å²) in [6, 6.07) is 6.02. The Labute approximate surface area is 109 Å². The smallest absolute Gasteiger partial charge is 0.298 e. The first-order chi connectivity index (χ1) is 8.76. The molecule has 1 atom stereocenters. The molecule has 1 aromatic heterocycles. The number of hydrogen-bond donors (Lipinski definition) is 1. The van der Waals surface area contributed by atoms with Crippen LogP contribution in [-0.4, -0.2) is 37.3 Å². The van der Waals surface area contributed by atoms with Crippen molar-refractivity contribution in [1.29, 1.82) is 0 Å². The third-order valence-electron chi connectivity index (χ3n) is 3.01. The van der Waals surface area contributed by atoms with Gasteiger partial charge in [-0.2, -0.15) is 4.98 Å². The van der Waals surface area contributed by atoms with Crippen molar-refractivity contribution in [3.8, 4) is 0 Å². The number of oxazole rings is 1. The van der Waals surface area contributed by atoms with Crippen molar-refractivity contribution in [2.24, 2.45) is 5.73 Å². The van der Waals surface area contributed by atoms with Crippen molar-refractivity contribution in [2.45, 2.75) is 6.10 Å². The molecule has 2 N–H and O–H groups in total. The molecule has 0 amide bonds. The second-order valence-electron chi connectivity index (χ2n) is 4.28. The number of halogens is 1. The first kappa shape index (κ1) is 11.8. The van der Waals surface area contributed by atoms with Gasteiger partial charge in [-0.05, 0) is 18.2 Å². The van der Waals surface area contributed by atoms with E-state index in [0.717, 1.165) is 17.6 Å². The lowest BCUT2D eigenvalue weighted by Gasteiger charge is -2.30. The Kier molecular flexibility index (Phi) is 3.11. The molecule has 0 bridgehead atoms. The summed E-state index contributed by atoms with van der Waals surface area (Å²) in [5.74, 6) is 0. The molecule has 5 nitrogen and oxygen atoms in total. The lowest BCUT2D eigenvalue weighted by molar-refractivity contribution is 0.0449. The summed E-state index contributed by atoms with van der Waals surface area (Å²) in [6.07, 6.45) is 0.0392. The van der Waals surface area contributed by atoms with Gasteiger partial charge >= 0.3 is 0 Å². The van der Waals surface area contributed by atoms with Crippen molar-refractivity contribution in [2.75, 3.05) is 31.1 Å². The summed E-state index contributed by atoms with van der Waals surface area (Å²) in [5, 5.41) is 0.657. The van der Waals surface area contributed by atoms with Gasteiger partial charge in [0.2, 0.25) is 0 Å². The van der Waals surface area contributed by atoms with Gasteiger partial charge in [0.25, 0.3) is 6.01 Å². The minimum Gasteiger partial charge on any atom is -0.423 e. The molecule has 1 aliphatic rings. The molecule has 1 fully saturated rings. The van der Waals surface area contributed by atoms with Gasteiger partial charge in [-0.3, -0.25) is 0 Å². The number of hydrogen-bond acceptors (Lipinski definition) is 5. The van der Waals surface area contributed by atoms with Crippen LogP contribution in [0.15, 0.2) is 22.6 Å². The van der Waals surface area contributed by atoms with E-state index in [4.69, 9.17) is 26.5 Å². The summed E-state index contributed by atoms with van der Waals surface area (Å²) < 4.78 is 11.2.